The van der Waals surface area contributed by atoms with Gasteiger partial charge in [0.05, 0.1) is 28.2 Å². The van der Waals surface area contributed by atoms with E-state index in [4.69, 9.17) is 4.98 Å². The van der Waals surface area contributed by atoms with Gasteiger partial charge in [0.25, 0.3) is 0 Å². The molecule has 0 unspecified atom stereocenters. The standard InChI is InChI=1S/C18H16BrN3/c1-18(15-8-2-4-11-20-15,16-9-3-5-12-21-16)17-10-6-7-14(13-19)22-17/h2-12H,13H2,1H3. The fourth-order valence-electron chi connectivity index (χ4n) is 2.54. The molecule has 0 N–H and O–H groups in total. The highest BCUT2D eigenvalue weighted by Crippen LogP contribution is 2.35. The number of rotatable bonds is 4. The van der Waals surface area contributed by atoms with E-state index >= 15 is 0 Å². The van der Waals surface area contributed by atoms with Crippen molar-refractivity contribution in [1.29, 1.82) is 0 Å². The normalized spacial score (nSPS) is 11.4. The van der Waals surface area contributed by atoms with Crippen molar-refractivity contribution in [3.63, 3.8) is 0 Å². The average Bonchev–Trinajstić information content (AvgIpc) is 2.62. The summed E-state index contributed by atoms with van der Waals surface area (Å²) in [5.74, 6) is 0. The number of alkyl halides is 1. The highest BCUT2D eigenvalue weighted by Gasteiger charge is 2.35. The van der Waals surface area contributed by atoms with E-state index in [9.17, 15) is 0 Å². The summed E-state index contributed by atoms with van der Waals surface area (Å²) in [5, 5.41) is 0.724. The molecule has 3 nitrogen and oxygen atoms in total. The molecule has 4 heteroatoms. The molecule has 110 valence electrons. The number of nitrogens with zero attached hydrogens (tertiary/aromatic N) is 3. The van der Waals surface area contributed by atoms with Crippen molar-refractivity contribution >= 4 is 15.9 Å². The topological polar surface area (TPSA) is 38.7 Å². The quantitative estimate of drug-likeness (QED) is 0.662. The Morgan fingerprint density at radius 3 is 1.91 bits per heavy atom. The summed E-state index contributed by atoms with van der Waals surface area (Å²) >= 11 is 3.48. The maximum atomic E-state index is 4.79. The van der Waals surface area contributed by atoms with Crippen LogP contribution >= 0.6 is 15.9 Å². The average molecular weight is 354 g/mol. The third-order valence-electron chi connectivity index (χ3n) is 3.81. The van der Waals surface area contributed by atoms with Crippen molar-refractivity contribution in [3.8, 4) is 0 Å². The minimum absolute atomic E-state index is 0.485. The van der Waals surface area contributed by atoms with Gasteiger partial charge < -0.3 is 0 Å². The summed E-state index contributed by atoms with van der Waals surface area (Å²) in [6, 6.07) is 18.0. The zero-order valence-corrected chi connectivity index (χ0v) is 13.9. The van der Waals surface area contributed by atoms with E-state index in [0.717, 1.165) is 28.1 Å². The maximum Gasteiger partial charge on any atom is 0.0939 e. The van der Waals surface area contributed by atoms with Crippen molar-refractivity contribution in [2.75, 3.05) is 0 Å². The minimum Gasteiger partial charge on any atom is -0.260 e. The lowest BCUT2D eigenvalue weighted by atomic mass is 9.78. The van der Waals surface area contributed by atoms with Gasteiger partial charge in [-0.2, -0.15) is 0 Å². The highest BCUT2D eigenvalue weighted by molar-refractivity contribution is 9.08. The Labute approximate surface area is 138 Å². The molecular weight excluding hydrogens is 338 g/mol. The molecule has 3 aromatic rings. The summed E-state index contributed by atoms with van der Waals surface area (Å²) in [5.41, 5.74) is 3.33. The molecule has 22 heavy (non-hydrogen) atoms. The van der Waals surface area contributed by atoms with Crippen LogP contribution in [0, 0.1) is 0 Å². The summed E-state index contributed by atoms with van der Waals surface area (Å²) in [6.45, 7) is 2.12. The molecule has 0 aliphatic heterocycles. The van der Waals surface area contributed by atoms with E-state index in [2.05, 4.69) is 32.8 Å². The predicted octanol–water partition coefficient (Wildman–Crippen LogP) is 4.12. The Kier molecular flexibility index (Phi) is 4.29. The first-order valence-corrected chi connectivity index (χ1v) is 8.22. The zero-order chi connectivity index (χ0) is 15.4. The predicted molar refractivity (Wildman–Crippen MR) is 90.9 cm³/mol. The lowest BCUT2D eigenvalue weighted by Gasteiger charge is -2.28. The van der Waals surface area contributed by atoms with Gasteiger partial charge in [-0.05, 0) is 43.3 Å². The fourth-order valence-corrected chi connectivity index (χ4v) is 2.86. The van der Waals surface area contributed by atoms with Gasteiger partial charge in [-0.15, -0.1) is 0 Å². The van der Waals surface area contributed by atoms with Crippen LogP contribution in [0.3, 0.4) is 0 Å². The number of hydrogen-bond acceptors (Lipinski definition) is 3. The lowest BCUT2D eigenvalue weighted by Crippen LogP contribution is -2.29. The maximum absolute atomic E-state index is 4.79. The second-order valence-electron chi connectivity index (χ2n) is 5.20. The van der Waals surface area contributed by atoms with Crippen molar-refractivity contribution in [1.82, 2.24) is 15.0 Å². The van der Waals surface area contributed by atoms with Crippen LogP contribution in [0.5, 0.6) is 0 Å². The first-order chi connectivity index (χ1) is 10.7. The van der Waals surface area contributed by atoms with E-state index < -0.39 is 5.41 Å². The Balaban J connectivity index is 2.23. The third-order valence-corrected chi connectivity index (χ3v) is 4.38. The van der Waals surface area contributed by atoms with Crippen LogP contribution in [0.25, 0.3) is 0 Å². The van der Waals surface area contributed by atoms with E-state index in [-0.39, 0.29) is 0 Å². The van der Waals surface area contributed by atoms with E-state index in [1.807, 2.05) is 67.0 Å². The second-order valence-corrected chi connectivity index (χ2v) is 5.76. The zero-order valence-electron chi connectivity index (χ0n) is 12.3. The molecule has 3 heterocycles. The van der Waals surface area contributed by atoms with Crippen LogP contribution in [0.1, 0.15) is 29.7 Å². The van der Waals surface area contributed by atoms with Crippen LogP contribution in [0.2, 0.25) is 0 Å². The Morgan fingerprint density at radius 2 is 1.41 bits per heavy atom. The van der Waals surface area contributed by atoms with Gasteiger partial charge in [-0.3, -0.25) is 15.0 Å². The number of pyridine rings is 3. The van der Waals surface area contributed by atoms with Crippen LogP contribution in [-0.2, 0) is 10.7 Å². The Bertz CT molecular complexity index is 705. The fraction of sp³-hybridized carbons (Fsp3) is 0.167. The van der Waals surface area contributed by atoms with Gasteiger partial charge in [0.1, 0.15) is 0 Å². The van der Waals surface area contributed by atoms with Gasteiger partial charge in [0, 0.05) is 17.7 Å². The van der Waals surface area contributed by atoms with E-state index in [1.165, 1.54) is 0 Å². The lowest BCUT2D eigenvalue weighted by molar-refractivity contribution is 0.617. The van der Waals surface area contributed by atoms with Gasteiger partial charge in [-0.25, -0.2) is 0 Å². The van der Waals surface area contributed by atoms with Crippen LogP contribution < -0.4 is 0 Å². The van der Waals surface area contributed by atoms with Gasteiger partial charge in [-0.1, -0.05) is 34.1 Å². The monoisotopic (exact) mass is 353 g/mol. The summed E-state index contributed by atoms with van der Waals surface area (Å²) in [6.07, 6.45) is 3.62. The van der Waals surface area contributed by atoms with Crippen molar-refractivity contribution in [3.05, 3.63) is 89.8 Å². The third kappa shape index (κ3) is 2.66. The smallest absolute Gasteiger partial charge is 0.0939 e. The molecule has 0 spiro atoms. The molecule has 0 bridgehead atoms. The number of hydrogen-bond donors (Lipinski definition) is 0. The van der Waals surface area contributed by atoms with Gasteiger partial charge in [0.15, 0.2) is 0 Å². The van der Waals surface area contributed by atoms with E-state index in [0.29, 0.717) is 0 Å². The molecule has 0 aromatic carbocycles. The molecule has 0 amide bonds. The van der Waals surface area contributed by atoms with Crippen molar-refractivity contribution in [2.45, 2.75) is 17.7 Å². The first kappa shape index (κ1) is 14.9. The van der Waals surface area contributed by atoms with Gasteiger partial charge in [0.2, 0.25) is 0 Å². The summed E-state index contributed by atoms with van der Waals surface area (Å²) in [4.78, 5) is 13.9. The Morgan fingerprint density at radius 1 is 0.818 bits per heavy atom. The molecule has 0 radical (unpaired) electrons. The summed E-state index contributed by atoms with van der Waals surface area (Å²) < 4.78 is 0. The number of aromatic nitrogens is 3. The molecule has 0 atom stereocenters. The molecular formula is C18H16BrN3. The van der Waals surface area contributed by atoms with Gasteiger partial charge >= 0.3 is 0 Å². The molecule has 0 saturated carbocycles. The first-order valence-electron chi connectivity index (χ1n) is 7.10. The molecule has 0 aliphatic rings. The van der Waals surface area contributed by atoms with Crippen molar-refractivity contribution < 1.29 is 0 Å². The SMILES string of the molecule is CC(c1ccccn1)(c1ccccn1)c1cccc(CBr)n1. The van der Waals surface area contributed by atoms with Crippen LogP contribution in [0.4, 0.5) is 0 Å². The van der Waals surface area contributed by atoms with Crippen LogP contribution in [-0.4, -0.2) is 15.0 Å². The molecule has 0 fully saturated rings. The highest BCUT2D eigenvalue weighted by atomic mass is 79.9. The second kappa shape index (κ2) is 6.36. The van der Waals surface area contributed by atoms with E-state index in [1.54, 1.807) is 0 Å². The minimum atomic E-state index is -0.485. The molecule has 3 rings (SSSR count). The largest absolute Gasteiger partial charge is 0.260 e. The molecule has 0 saturated heterocycles. The van der Waals surface area contributed by atoms with Crippen LogP contribution in [0.15, 0.2) is 67.0 Å². The number of halogens is 1. The Hall–Kier alpha value is -2.07. The summed E-state index contributed by atoms with van der Waals surface area (Å²) in [7, 11) is 0. The van der Waals surface area contributed by atoms with Crippen molar-refractivity contribution in [2.24, 2.45) is 0 Å². The molecule has 0 aliphatic carbocycles. The molecule has 3 aromatic heterocycles.